The van der Waals surface area contributed by atoms with Crippen molar-refractivity contribution < 1.29 is 22.7 Å². The van der Waals surface area contributed by atoms with E-state index in [2.05, 4.69) is 0 Å². The van der Waals surface area contributed by atoms with E-state index in [1.165, 1.54) is 26.0 Å². The van der Waals surface area contributed by atoms with Gasteiger partial charge < -0.3 is 9.47 Å². The van der Waals surface area contributed by atoms with Crippen LogP contribution in [0.2, 0.25) is 0 Å². The van der Waals surface area contributed by atoms with Crippen molar-refractivity contribution in [3.63, 3.8) is 0 Å². The number of hydrogen-bond acceptors (Lipinski definition) is 6. The quantitative estimate of drug-likeness (QED) is 0.683. The number of amides is 1. The van der Waals surface area contributed by atoms with Crippen molar-refractivity contribution in [1.29, 1.82) is 0 Å². The van der Waals surface area contributed by atoms with Gasteiger partial charge in [-0.2, -0.15) is 0 Å². The van der Waals surface area contributed by atoms with Crippen molar-refractivity contribution in [2.75, 3.05) is 20.1 Å². The molecule has 0 aliphatic carbocycles. The van der Waals surface area contributed by atoms with Crippen LogP contribution in [0.1, 0.15) is 28.4 Å². The molecule has 1 aliphatic heterocycles. The van der Waals surface area contributed by atoms with Crippen molar-refractivity contribution in [2.24, 2.45) is 0 Å². The van der Waals surface area contributed by atoms with E-state index in [-0.39, 0.29) is 22.1 Å². The molecule has 27 heavy (non-hydrogen) atoms. The molecule has 0 spiro atoms. The fourth-order valence-electron chi connectivity index (χ4n) is 3.32. The summed E-state index contributed by atoms with van der Waals surface area (Å²) < 4.78 is 38.1. The van der Waals surface area contributed by atoms with Gasteiger partial charge in [-0.25, -0.2) is 12.7 Å². The van der Waals surface area contributed by atoms with Crippen LogP contribution in [0.3, 0.4) is 0 Å². The van der Waals surface area contributed by atoms with Crippen LogP contribution in [0.5, 0.6) is 11.5 Å². The Morgan fingerprint density at radius 3 is 2.26 bits per heavy atom. The second-order valence-electron chi connectivity index (χ2n) is 5.97. The van der Waals surface area contributed by atoms with E-state index >= 15 is 0 Å². The predicted octanol–water partition coefficient (Wildman–Crippen LogP) is 3.47. The van der Waals surface area contributed by atoms with Gasteiger partial charge in [0.25, 0.3) is 15.9 Å². The Hall–Kier alpha value is -2.19. The lowest BCUT2D eigenvalue weighted by Gasteiger charge is -2.17. The first-order valence-electron chi connectivity index (χ1n) is 8.40. The van der Waals surface area contributed by atoms with Crippen molar-refractivity contribution in [3.05, 3.63) is 47.0 Å². The number of nitrogens with zero attached hydrogens (tertiary/aromatic N) is 1. The van der Waals surface area contributed by atoms with Gasteiger partial charge in [-0.05, 0) is 25.5 Å². The zero-order valence-electron chi connectivity index (χ0n) is 15.6. The lowest BCUT2D eigenvalue weighted by atomic mass is 9.98. The minimum atomic E-state index is -4.01. The average Bonchev–Trinajstić information content (AvgIpc) is 2.86. The van der Waals surface area contributed by atoms with Crippen LogP contribution < -0.4 is 9.47 Å². The molecule has 0 fully saturated rings. The molecule has 1 amide bonds. The van der Waals surface area contributed by atoms with E-state index in [1.807, 2.05) is 37.3 Å². The van der Waals surface area contributed by atoms with Crippen LogP contribution in [-0.2, 0) is 16.4 Å². The maximum absolute atomic E-state index is 13.2. The van der Waals surface area contributed by atoms with Gasteiger partial charge >= 0.3 is 0 Å². The summed E-state index contributed by atoms with van der Waals surface area (Å²) in [6, 6.07) is 9.35. The third kappa shape index (κ3) is 3.06. The molecule has 2 aromatic rings. The summed E-state index contributed by atoms with van der Waals surface area (Å²) in [4.78, 5) is 13.9. The van der Waals surface area contributed by atoms with Crippen LogP contribution in [0.4, 0.5) is 0 Å². The molecule has 0 N–H and O–H groups in total. The highest BCUT2D eigenvalue weighted by Gasteiger charge is 2.47. The van der Waals surface area contributed by atoms with E-state index < -0.39 is 15.9 Å². The van der Waals surface area contributed by atoms with E-state index in [0.29, 0.717) is 23.3 Å². The van der Waals surface area contributed by atoms with E-state index in [0.717, 1.165) is 9.20 Å². The molecule has 0 saturated heterocycles. The van der Waals surface area contributed by atoms with E-state index in [4.69, 9.17) is 9.47 Å². The molecular weight excluding hydrogens is 386 g/mol. The Morgan fingerprint density at radius 1 is 1.07 bits per heavy atom. The van der Waals surface area contributed by atoms with Gasteiger partial charge in [0.05, 0.1) is 25.7 Å². The molecular formula is C19H21NO5S2. The molecule has 8 heteroatoms. The number of ether oxygens (including phenoxy) is 2. The third-order valence-electron chi connectivity index (χ3n) is 4.53. The molecule has 0 atom stereocenters. The summed E-state index contributed by atoms with van der Waals surface area (Å²) >= 11 is 1.29. The SMILES string of the molecule is CCc1c(OC)c(C)c(OC)c2c1C(=O)N(CSc1ccccc1)S2(=O)=O. The van der Waals surface area contributed by atoms with Crippen molar-refractivity contribution >= 4 is 27.7 Å². The number of benzene rings is 2. The molecule has 1 aliphatic rings. The van der Waals surface area contributed by atoms with Crippen LogP contribution in [0.25, 0.3) is 0 Å². The summed E-state index contributed by atoms with van der Waals surface area (Å²) in [5.41, 5.74) is 1.32. The Morgan fingerprint density at radius 2 is 1.70 bits per heavy atom. The second kappa shape index (κ2) is 7.44. The molecule has 0 radical (unpaired) electrons. The van der Waals surface area contributed by atoms with Crippen molar-refractivity contribution in [1.82, 2.24) is 4.31 Å². The minimum absolute atomic E-state index is 0.00642. The van der Waals surface area contributed by atoms with Crippen LogP contribution in [0.15, 0.2) is 40.1 Å². The number of fused-ring (bicyclic) bond motifs is 1. The molecule has 0 aromatic heterocycles. The van der Waals surface area contributed by atoms with Crippen LogP contribution in [0, 0.1) is 6.92 Å². The molecule has 0 saturated carbocycles. The Kier molecular flexibility index (Phi) is 5.39. The molecule has 1 heterocycles. The third-order valence-corrected chi connectivity index (χ3v) is 7.47. The highest BCUT2D eigenvalue weighted by Crippen LogP contribution is 2.47. The van der Waals surface area contributed by atoms with Gasteiger partial charge in [-0.1, -0.05) is 25.1 Å². The lowest BCUT2D eigenvalue weighted by Crippen LogP contribution is -2.29. The van der Waals surface area contributed by atoms with Gasteiger partial charge in [0, 0.05) is 16.0 Å². The summed E-state index contributed by atoms with van der Waals surface area (Å²) in [6.45, 7) is 3.60. The van der Waals surface area contributed by atoms with Gasteiger partial charge in [0.15, 0.2) is 0 Å². The van der Waals surface area contributed by atoms with Crippen molar-refractivity contribution in [3.8, 4) is 11.5 Å². The fraction of sp³-hybridized carbons (Fsp3) is 0.316. The molecule has 144 valence electrons. The molecule has 0 bridgehead atoms. The first-order valence-corrected chi connectivity index (χ1v) is 10.8. The number of hydrogen-bond donors (Lipinski definition) is 0. The maximum atomic E-state index is 13.2. The van der Waals surface area contributed by atoms with Crippen LogP contribution >= 0.6 is 11.8 Å². The zero-order chi connectivity index (χ0) is 19.8. The zero-order valence-corrected chi connectivity index (χ0v) is 17.2. The first kappa shape index (κ1) is 19.6. The van der Waals surface area contributed by atoms with E-state index in [1.54, 1.807) is 6.92 Å². The standard InChI is InChI=1S/C19H21NO5S2/c1-5-14-15-18(17(25-4)12(2)16(14)24-3)27(22,23)20(19(15)21)11-26-13-9-7-6-8-10-13/h6-10H,5,11H2,1-4H3. The second-order valence-corrected chi connectivity index (χ2v) is 8.79. The highest BCUT2D eigenvalue weighted by atomic mass is 32.2. The Bertz CT molecular complexity index is 987. The molecule has 3 rings (SSSR count). The Labute approximate surface area is 163 Å². The topological polar surface area (TPSA) is 72.9 Å². The molecule has 0 unspecified atom stereocenters. The lowest BCUT2D eigenvalue weighted by molar-refractivity contribution is 0.0885. The largest absolute Gasteiger partial charge is 0.496 e. The maximum Gasteiger partial charge on any atom is 0.272 e. The van der Waals surface area contributed by atoms with Gasteiger partial charge in [0.2, 0.25) is 0 Å². The normalized spacial score (nSPS) is 15.0. The monoisotopic (exact) mass is 407 g/mol. The van der Waals surface area contributed by atoms with Crippen molar-refractivity contribution in [2.45, 2.75) is 30.1 Å². The molecule has 6 nitrogen and oxygen atoms in total. The number of rotatable bonds is 6. The predicted molar refractivity (Wildman–Crippen MR) is 104 cm³/mol. The number of carbonyl (C=O) groups is 1. The number of thioether (sulfide) groups is 1. The smallest absolute Gasteiger partial charge is 0.272 e. The van der Waals surface area contributed by atoms with E-state index in [9.17, 15) is 13.2 Å². The highest BCUT2D eigenvalue weighted by molar-refractivity contribution is 8.00. The minimum Gasteiger partial charge on any atom is -0.496 e. The summed E-state index contributed by atoms with van der Waals surface area (Å²) in [7, 11) is -1.10. The fourth-order valence-corrected chi connectivity index (χ4v) is 6.23. The summed E-state index contributed by atoms with van der Waals surface area (Å²) in [6.07, 6.45) is 0.470. The first-order chi connectivity index (χ1) is 12.9. The summed E-state index contributed by atoms with van der Waals surface area (Å²) in [5.74, 6) is 0.115. The number of sulfonamides is 1. The number of methoxy groups -OCH3 is 2. The summed E-state index contributed by atoms with van der Waals surface area (Å²) in [5, 5.41) is 0. The van der Waals surface area contributed by atoms with Gasteiger partial charge in [-0.15, -0.1) is 11.8 Å². The molecule has 2 aromatic carbocycles. The average molecular weight is 408 g/mol. The van der Waals surface area contributed by atoms with Gasteiger partial charge in [-0.3, -0.25) is 4.79 Å². The number of carbonyl (C=O) groups excluding carboxylic acids is 1. The van der Waals surface area contributed by atoms with Crippen LogP contribution in [-0.4, -0.2) is 38.7 Å². The van der Waals surface area contributed by atoms with Gasteiger partial charge in [0.1, 0.15) is 16.4 Å². The Balaban J connectivity index is 2.13.